The average Bonchev–Trinajstić information content (AvgIpc) is 3.36. The SMILES string of the molecule is CC(C)(C)OC(=O)C(C1NC(C(=O)OCc2ccccc2)C2(COC2)S1)N1C(=O)c2ccccc2C1=O. The number of nitrogens with one attached hydrogen (secondary N) is 1. The summed E-state index contributed by atoms with van der Waals surface area (Å²) >= 11 is 1.31. The molecule has 10 heteroatoms. The first-order chi connectivity index (χ1) is 17.6. The highest BCUT2D eigenvalue weighted by atomic mass is 32.2. The van der Waals surface area contributed by atoms with Crippen LogP contribution in [0, 0.1) is 0 Å². The van der Waals surface area contributed by atoms with Gasteiger partial charge in [-0.05, 0) is 38.5 Å². The number of hydrogen-bond donors (Lipinski definition) is 1. The Bertz CT molecular complexity index is 1200. The molecule has 3 aliphatic rings. The summed E-state index contributed by atoms with van der Waals surface area (Å²) in [6.45, 7) is 5.75. The third kappa shape index (κ3) is 4.76. The molecule has 5 rings (SSSR count). The van der Waals surface area contributed by atoms with Crippen LogP contribution < -0.4 is 5.32 Å². The van der Waals surface area contributed by atoms with Gasteiger partial charge in [-0.1, -0.05) is 42.5 Å². The summed E-state index contributed by atoms with van der Waals surface area (Å²) in [4.78, 5) is 54.3. The van der Waals surface area contributed by atoms with Gasteiger partial charge >= 0.3 is 11.9 Å². The molecule has 0 bridgehead atoms. The molecule has 9 nitrogen and oxygen atoms in total. The summed E-state index contributed by atoms with van der Waals surface area (Å²) in [7, 11) is 0. The van der Waals surface area contributed by atoms with Crippen molar-refractivity contribution < 1.29 is 33.4 Å². The molecule has 0 radical (unpaired) electrons. The van der Waals surface area contributed by atoms with Gasteiger partial charge in [-0.2, -0.15) is 0 Å². The van der Waals surface area contributed by atoms with E-state index in [1.54, 1.807) is 45.0 Å². The summed E-state index contributed by atoms with van der Waals surface area (Å²) in [5, 5.41) is 2.38. The highest BCUT2D eigenvalue weighted by molar-refractivity contribution is 8.01. The van der Waals surface area contributed by atoms with E-state index in [1.807, 2.05) is 30.3 Å². The Morgan fingerprint density at radius 3 is 2.19 bits per heavy atom. The van der Waals surface area contributed by atoms with Crippen LogP contribution in [0.2, 0.25) is 0 Å². The molecule has 194 valence electrons. The molecule has 2 aromatic carbocycles. The molecule has 2 amide bonds. The fraction of sp³-hybridized carbons (Fsp3) is 0.407. The minimum absolute atomic E-state index is 0.0953. The number of rotatable bonds is 6. The fourth-order valence-electron chi connectivity index (χ4n) is 4.65. The lowest BCUT2D eigenvalue weighted by Gasteiger charge is -2.40. The van der Waals surface area contributed by atoms with Crippen molar-refractivity contribution >= 4 is 35.5 Å². The number of thioether (sulfide) groups is 1. The summed E-state index contributed by atoms with van der Waals surface area (Å²) in [5.41, 5.74) is 0.437. The summed E-state index contributed by atoms with van der Waals surface area (Å²) in [6.07, 6.45) is 0. The molecule has 0 aliphatic carbocycles. The van der Waals surface area contributed by atoms with Crippen LogP contribution in [0.25, 0.3) is 0 Å². The van der Waals surface area contributed by atoms with Crippen LogP contribution in [0.4, 0.5) is 0 Å². The number of carbonyl (C=O) groups is 4. The lowest BCUT2D eigenvalue weighted by Crippen LogP contribution is -2.60. The zero-order valence-corrected chi connectivity index (χ0v) is 21.6. The van der Waals surface area contributed by atoms with Gasteiger partial charge in [0, 0.05) is 0 Å². The minimum atomic E-state index is -1.30. The molecule has 37 heavy (non-hydrogen) atoms. The van der Waals surface area contributed by atoms with Gasteiger partial charge in [0.15, 0.2) is 6.04 Å². The largest absolute Gasteiger partial charge is 0.460 e. The predicted octanol–water partition coefficient (Wildman–Crippen LogP) is 2.54. The van der Waals surface area contributed by atoms with E-state index in [2.05, 4.69) is 5.32 Å². The van der Waals surface area contributed by atoms with E-state index in [0.717, 1.165) is 10.5 Å². The number of ether oxygens (including phenoxy) is 3. The van der Waals surface area contributed by atoms with Gasteiger partial charge in [0.05, 0.1) is 34.5 Å². The molecule has 0 aromatic heterocycles. The van der Waals surface area contributed by atoms with Gasteiger partial charge in [-0.15, -0.1) is 11.8 Å². The second kappa shape index (κ2) is 9.59. The van der Waals surface area contributed by atoms with Crippen molar-refractivity contribution in [3.63, 3.8) is 0 Å². The van der Waals surface area contributed by atoms with Crippen molar-refractivity contribution in [1.82, 2.24) is 10.2 Å². The van der Waals surface area contributed by atoms with Crippen LogP contribution in [0.3, 0.4) is 0 Å². The average molecular weight is 525 g/mol. The number of fused-ring (bicyclic) bond motifs is 1. The Hall–Kier alpha value is -3.21. The second-order valence-electron chi connectivity index (χ2n) is 10.3. The number of imide groups is 1. The van der Waals surface area contributed by atoms with Gasteiger partial charge in [-0.3, -0.25) is 24.6 Å². The van der Waals surface area contributed by atoms with Crippen molar-refractivity contribution in [3.8, 4) is 0 Å². The zero-order valence-electron chi connectivity index (χ0n) is 20.8. The number of carbonyl (C=O) groups excluding carboxylic acids is 4. The number of esters is 2. The van der Waals surface area contributed by atoms with E-state index in [9.17, 15) is 19.2 Å². The maximum Gasteiger partial charge on any atom is 0.332 e. The first kappa shape index (κ1) is 25.4. The molecule has 3 aliphatic heterocycles. The smallest absolute Gasteiger partial charge is 0.332 e. The van der Waals surface area contributed by atoms with Gasteiger partial charge in [0.25, 0.3) is 11.8 Å². The molecule has 2 aromatic rings. The van der Waals surface area contributed by atoms with E-state index >= 15 is 0 Å². The molecule has 3 unspecified atom stereocenters. The van der Waals surface area contributed by atoms with E-state index in [-0.39, 0.29) is 30.9 Å². The number of hydrogen-bond acceptors (Lipinski definition) is 9. The Morgan fingerprint density at radius 1 is 1.05 bits per heavy atom. The standard InChI is InChI=1S/C27H28N2O7S/c1-26(2,3)36-24(32)19(29-22(30)17-11-7-8-12-18(17)23(29)31)21-28-20(27(37-21)14-34-15-27)25(33)35-13-16-9-5-4-6-10-16/h4-12,19-21,28H,13-15H2,1-3H3. The first-order valence-electron chi connectivity index (χ1n) is 12.0. The van der Waals surface area contributed by atoms with Crippen LogP contribution >= 0.6 is 11.8 Å². The Morgan fingerprint density at radius 2 is 1.65 bits per heavy atom. The number of amides is 2. The van der Waals surface area contributed by atoms with Crippen LogP contribution in [0.5, 0.6) is 0 Å². The molecular weight excluding hydrogens is 496 g/mol. The van der Waals surface area contributed by atoms with E-state index in [0.29, 0.717) is 0 Å². The van der Waals surface area contributed by atoms with Crippen molar-refractivity contribution in [1.29, 1.82) is 0 Å². The number of benzene rings is 2. The normalized spacial score (nSPS) is 22.9. The molecule has 0 saturated carbocycles. The fourth-order valence-corrected chi connectivity index (χ4v) is 6.32. The molecule has 2 saturated heterocycles. The topological polar surface area (TPSA) is 111 Å². The van der Waals surface area contributed by atoms with E-state index in [4.69, 9.17) is 14.2 Å². The van der Waals surface area contributed by atoms with Gasteiger partial charge < -0.3 is 14.2 Å². The molecular formula is C27H28N2O7S. The maximum atomic E-state index is 13.5. The summed E-state index contributed by atoms with van der Waals surface area (Å²) in [6, 6.07) is 13.6. The first-order valence-corrected chi connectivity index (χ1v) is 12.9. The Balaban J connectivity index is 1.43. The lowest BCUT2D eigenvalue weighted by atomic mass is 9.96. The molecule has 3 heterocycles. The molecule has 1 N–H and O–H groups in total. The highest BCUT2D eigenvalue weighted by Gasteiger charge is 2.61. The summed E-state index contributed by atoms with van der Waals surface area (Å²) in [5.74, 6) is -2.38. The van der Waals surface area contributed by atoms with Crippen LogP contribution in [-0.2, 0) is 30.4 Å². The van der Waals surface area contributed by atoms with Crippen molar-refractivity contribution in [2.24, 2.45) is 0 Å². The van der Waals surface area contributed by atoms with Crippen molar-refractivity contribution in [3.05, 3.63) is 71.3 Å². The minimum Gasteiger partial charge on any atom is -0.460 e. The highest BCUT2D eigenvalue weighted by Crippen LogP contribution is 2.47. The van der Waals surface area contributed by atoms with Gasteiger partial charge in [0.2, 0.25) is 0 Å². The second-order valence-corrected chi connectivity index (χ2v) is 11.8. The summed E-state index contributed by atoms with van der Waals surface area (Å²) < 4.78 is 16.0. The van der Waals surface area contributed by atoms with Gasteiger partial charge in [0.1, 0.15) is 18.2 Å². The third-order valence-corrected chi connectivity index (χ3v) is 8.00. The van der Waals surface area contributed by atoms with Crippen LogP contribution in [0.1, 0.15) is 47.1 Å². The maximum absolute atomic E-state index is 13.5. The van der Waals surface area contributed by atoms with E-state index in [1.165, 1.54) is 11.8 Å². The van der Waals surface area contributed by atoms with Crippen molar-refractivity contribution in [2.75, 3.05) is 13.2 Å². The van der Waals surface area contributed by atoms with Crippen LogP contribution in [0.15, 0.2) is 54.6 Å². The third-order valence-electron chi connectivity index (χ3n) is 6.41. The Kier molecular flexibility index (Phi) is 6.59. The molecule has 3 atom stereocenters. The van der Waals surface area contributed by atoms with Crippen molar-refractivity contribution in [2.45, 2.75) is 55.2 Å². The zero-order chi connectivity index (χ0) is 26.4. The molecule has 1 spiro atoms. The van der Waals surface area contributed by atoms with E-state index < -0.39 is 51.6 Å². The lowest BCUT2D eigenvalue weighted by molar-refractivity contribution is -0.160. The predicted molar refractivity (Wildman–Crippen MR) is 135 cm³/mol. The van der Waals surface area contributed by atoms with Gasteiger partial charge in [-0.25, -0.2) is 4.79 Å². The molecule has 2 fully saturated rings. The quantitative estimate of drug-likeness (QED) is 0.450. The monoisotopic (exact) mass is 524 g/mol. The Labute approximate surface area is 218 Å². The van der Waals surface area contributed by atoms with Crippen LogP contribution in [-0.4, -0.2) is 69.7 Å². The number of nitrogens with zero attached hydrogens (tertiary/aromatic N) is 1.